The third-order valence-corrected chi connectivity index (χ3v) is 2.73. The molecule has 1 aromatic carbocycles. The zero-order valence-electron chi connectivity index (χ0n) is 8.36. The molecule has 1 aliphatic rings. The molecule has 15 heavy (non-hydrogen) atoms. The Morgan fingerprint density at radius 2 is 2.27 bits per heavy atom. The topological polar surface area (TPSA) is 75.3 Å². The first-order valence-corrected chi connectivity index (χ1v) is 4.97. The van der Waals surface area contributed by atoms with Crippen LogP contribution < -0.4 is 11.1 Å². The minimum atomic E-state index is -0.192. The van der Waals surface area contributed by atoms with Crippen molar-refractivity contribution in [3.8, 4) is 5.75 Å². The van der Waals surface area contributed by atoms with Crippen molar-refractivity contribution in [2.24, 2.45) is 5.73 Å². The van der Waals surface area contributed by atoms with Gasteiger partial charge in [-0.2, -0.15) is 0 Å². The van der Waals surface area contributed by atoms with Crippen LogP contribution in [0.5, 0.6) is 5.75 Å². The molecule has 0 aromatic heterocycles. The normalized spacial score (nSPS) is 17.1. The fourth-order valence-electron chi connectivity index (χ4n) is 1.49. The molecule has 1 aliphatic carbocycles. The van der Waals surface area contributed by atoms with Crippen LogP contribution in [0.15, 0.2) is 24.3 Å². The quantitative estimate of drug-likeness (QED) is 0.678. The summed E-state index contributed by atoms with van der Waals surface area (Å²) < 4.78 is 0. The largest absolute Gasteiger partial charge is 0.508 e. The van der Waals surface area contributed by atoms with Gasteiger partial charge in [0.25, 0.3) is 5.91 Å². The van der Waals surface area contributed by atoms with E-state index >= 15 is 0 Å². The van der Waals surface area contributed by atoms with Crippen LogP contribution in [0.4, 0.5) is 0 Å². The van der Waals surface area contributed by atoms with E-state index in [1.54, 1.807) is 12.1 Å². The van der Waals surface area contributed by atoms with Crippen molar-refractivity contribution in [2.45, 2.75) is 18.4 Å². The molecular weight excluding hydrogens is 192 g/mol. The summed E-state index contributed by atoms with van der Waals surface area (Å²) in [7, 11) is 0. The first-order valence-electron chi connectivity index (χ1n) is 4.97. The average Bonchev–Trinajstić information content (AvgIpc) is 2.98. The third-order valence-electron chi connectivity index (χ3n) is 2.73. The Morgan fingerprint density at radius 3 is 2.80 bits per heavy atom. The van der Waals surface area contributed by atoms with E-state index in [4.69, 9.17) is 5.73 Å². The van der Waals surface area contributed by atoms with Crippen molar-refractivity contribution in [3.05, 3.63) is 29.8 Å². The molecule has 0 bridgehead atoms. The van der Waals surface area contributed by atoms with Gasteiger partial charge < -0.3 is 16.2 Å². The second-order valence-electron chi connectivity index (χ2n) is 3.99. The van der Waals surface area contributed by atoms with Gasteiger partial charge in [-0.25, -0.2) is 0 Å². The Kier molecular flexibility index (Phi) is 2.36. The number of amides is 1. The molecule has 0 radical (unpaired) electrons. The highest BCUT2D eigenvalue weighted by molar-refractivity contribution is 5.95. The van der Waals surface area contributed by atoms with Gasteiger partial charge in [0.2, 0.25) is 0 Å². The number of aromatic hydroxyl groups is 1. The van der Waals surface area contributed by atoms with E-state index < -0.39 is 0 Å². The molecule has 2 rings (SSSR count). The highest BCUT2D eigenvalue weighted by Crippen LogP contribution is 2.34. The Hall–Kier alpha value is -1.55. The van der Waals surface area contributed by atoms with E-state index in [1.165, 1.54) is 12.1 Å². The van der Waals surface area contributed by atoms with Gasteiger partial charge in [0.1, 0.15) is 5.75 Å². The number of nitrogens with one attached hydrogen (secondary N) is 1. The molecule has 0 spiro atoms. The van der Waals surface area contributed by atoms with Crippen molar-refractivity contribution in [1.82, 2.24) is 5.32 Å². The summed E-state index contributed by atoms with van der Waals surface area (Å²) in [5, 5.41) is 12.1. The summed E-state index contributed by atoms with van der Waals surface area (Å²) in [6.07, 6.45) is 1.88. The Morgan fingerprint density at radius 1 is 1.53 bits per heavy atom. The van der Waals surface area contributed by atoms with E-state index in [1.807, 2.05) is 0 Å². The lowest BCUT2D eigenvalue weighted by Crippen LogP contribution is -2.42. The van der Waals surface area contributed by atoms with Gasteiger partial charge in [-0.1, -0.05) is 6.07 Å². The van der Waals surface area contributed by atoms with E-state index in [0.29, 0.717) is 12.1 Å². The Bertz CT molecular complexity index is 386. The second-order valence-corrected chi connectivity index (χ2v) is 3.99. The zero-order chi connectivity index (χ0) is 10.9. The van der Waals surface area contributed by atoms with Crippen LogP contribution in [0.25, 0.3) is 0 Å². The molecule has 0 heterocycles. The van der Waals surface area contributed by atoms with E-state index in [-0.39, 0.29) is 17.2 Å². The van der Waals surface area contributed by atoms with Crippen molar-refractivity contribution in [3.63, 3.8) is 0 Å². The second kappa shape index (κ2) is 3.55. The lowest BCUT2D eigenvalue weighted by Gasteiger charge is -2.14. The van der Waals surface area contributed by atoms with Crippen molar-refractivity contribution in [2.75, 3.05) is 6.54 Å². The molecule has 1 aromatic rings. The molecule has 1 fully saturated rings. The maximum absolute atomic E-state index is 11.7. The first kappa shape index (κ1) is 9.98. The number of carbonyl (C=O) groups excluding carboxylic acids is 1. The van der Waals surface area contributed by atoms with Crippen LogP contribution in [0.2, 0.25) is 0 Å². The van der Waals surface area contributed by atoms with Gasteiger partial charge in [-0.05, 0) is 31.0 Å². The fraction of sp³-hybridized carbons (Fsp3) is 0.364. The molecule has 4 N–H and O–H groups in total. The van der Waals surface area contributed by atoms with Crippen LogP contribution in [0.3, 0.4) is 0 Å². The van der Waals surface area contributed by atoms with E-state index in [0.717, 1.165) is 12.8 Å². The summed E-state index contributed by atoms with van der Waals surface area (Å²) in [4.78, 5) is 11.7. The van der Waals surface area contributed by atoms with Gasteiger partial charge >= 0.3 is 0 Å². The smallest absolute Gasteiger partial charge is 0.251 e. The monoisotopic (exact) mass is 206 g/mol. The molecule has 4 heteroatoms. The van der Waals surface area contributed by atoms with Gasteiger partial charge in [-0.15, -0.1) is 0 Å². The number of hydrogen-bond acceptors (Lipinski definition) is 3. The predicted molar refractivity (Wildman–Crippen MR) is 56.6 cm³/mol. The van der Waals surface area contributed by atoms with Gasteiger partial charge in [-0.3, -0.25) is 4.79 Å². The predicted octanol–water partition coefficient (Wildman–Crippen LogP) is 0.613. The van der Waals surface area contributed by atoms with Gasteiger partial charge in [0.15, 0.2) is 0 Å². The van der Waals surface area contributed by atoms with Crippen LogP contribution in [0, 0.1) is 0 Å². The Balaban J connectivity index is 2.08. The summed E-state index contributed by atoms with van der Waals surface area (Å²) in [5.74, 6) is -0.0749. The molecule has 0 atom stereocenters. The number of phenolic OH excluding ortho intramolecular Hbond substituents is 1. The zero-order valence-corrected chi connectivity index (χ0v) is 8.36. The summed E-state index contributed by atoms with van der Waals surface area (Å²) in [6, 6.07) is 6.29. The van der Waals surface area contributed by atoms with E-state index in [9.17, 15) is 9.90 Å². The van der Waals surface area contributed by atoms with Crippen molar-refractivity contribution < 1.29 is 9.90 Å². The molecule has 0 saturated heterocycles. The van der Waals surface area contributed by atoms with Gasteiger partial charge in [0, 0.05) is 12.1 Å². The summed E-state index contributed by atoms with van der Waals surface area (Å²) in [5.41, 5.74) is 5.84. The Labute approximate surface area is 88.1 Å². The number of phenols is 1. The van der Waals surface area contributed by atoms with Crippen LogP contribution in [0.1, 0.15) is 23.2 Å². The molecule has 0 aliphatic heterocycles. The highest BCUT2D eigenvalue weighted by atomic mass is 16.3. The number of carbonyl (C=O) groups is 1. The standard InChI is InChI=1S/C11H14N2O2/c12-7-11(4-5-11)13-10(15)8-2-1-3-9(14)6-8/h1-3,6,14H,4-5,7,12H2,(H,13,15). The SMILES string of the molecule is NCC1(NC(=O)c2cccc(O)c2)CC1. The lowest BCUT2D eigenvalue weighted by atomic mass is 10.1. The lowest BCUT2D eigenvalue weighted by molar-refractivity contribution is 0.0932. The van der Waals surface area contributed by atoms with E-state index in [2.05, 4.69) is 5.32 Å². The fourth-order valence-corrected chi connectivity index (χ4v) is 1.49. The highest BCUT2D eigenvalue weighted by Gasteiger charge is 2.42. The maximum atomic E-state index is 11.7. The minimum Gasteiger partial charge on any atom is -0.508 e. The summed E-state index contributed by atoms with van der Waals surface area (Å²) >= 11 is 0. The third kappa shape index (κ3) is 2.10. The van der Waals surface area contributed by atoms with Crippen molar-refractivity contribution in [1.29, 1.82) is 0 Å². The molecular formula is C11H14N2O2. The molecule has 1 amide bonds. The molecule has 0 unspecified atom stereocenters. The van der Waals surface area contributed by atoms with Crippen LogP contribution >= 0.6 is 0 Å². The first-order chi connectivity index (χ1) is 7.15. The number of hydrogen-bond donors (Lipinski definition) is 3. The number of nitrogens with two attached hydrogens (primary N) is 1. The maximum Gasteiger partial charge on any atom is 0.251 e. The minimum absolute atomic E-state index is 0.0974. The molecule has 4 nitrogen and oxygen atoms in total. The van der Waals surface area contributed by atoms with Gasteiger partial charge in [0.05, 0.1) is 5.54 Å². The number of benzene rings is 1. The van der Waals surface area contributed by atoms with Crippen LogP contribution in [-0.4, -0.2) is 23.1 Å². The van der Waals surface area contributed by atoms with Crippen LogP contribution in [-0.2, 0) is 0 Å². The average molecular weight is 206 g/mol. The molecule has 1 saturated carbocycles. The van der Waals surface area contributed by atoms with Crippen molar-refractivity contribution >= 4 is 5.91 Å². The molecule has 80 valence electrons. The number of rotatable bonds is 3. The summed E-state index contributed by atoms with van der Waals surface area (Å²) in [6.45, 7) is 0.470.